The van der Waals surface area contributed by atoms with Crippen molar-refractivity contribution in [1.82, 2.24) is 19.7 Å². The van der Waals surface area contributed by atoms with Crippen molar-refractivity contribution in [2.24, 2.45) is 7.05 Å². The molecule has 2 heterocycles. The Balaban J connectivity index is 2.32. The molecule has 9 heteroatoms. The molecule has 2 aromatic heterocycles. The lowest BCUT2D eigenvalue weighted by molar-refractivity contribution is -0.137. The van der Waals surface area contributed by atoms with Gasteiger partial charge in [-0.1, -0.05) is 0 Å². The van der Waals surface area contributed by atoms with Crippen LogP contribution in [0.2, 0.25) is 0 Å². The Labute approximate surface area is 117 Å². The van der Waals surface area contributed by atoms with Crippen LogP contribution in [0.3, 0.4) is 0 Å². The molecule has 0 atom stereocenters. The summed E-state index contributed by atoms with van der Waals surface area (Å²) in [7, 11) is 1.50. The van der Waals surface area contributed by atoms with E-state index in [0.717, 1.165) is 6.07 Å². The first-order valence-corrected chi connectivity index (χ1v) is 5.94. The number of hydrogen-bond donors (Lipinski definition) is 0. The number of esters is 1. The number of hydrogen-bond acceptors (Lipinski definition) is 5. The van der Waals surface area contributed by atoms with Crippen LogP contribution in [0.15, 0.2) is 18.3 Å². The van der Waals surface area contributed by atoms with E-state index in [1.54, 1.807) is 6.92 Å². The SMILES string of the molecule is CCOC(=O)c1nc(-c2ccc(C(F)(F)F)cn2)n(C)n1. The van der Waals surface area contributed by atoms with Gasteiger partial charge < -0.3 is 4.74 Å². The van der Waals surface area contributed by atoms with Gasteiger partial charge in [-0.15, -0.1) is 5.10 Å². The molecular formula is C12H11F3N4O2. The Morgan fingerprint density at radius 1 is 1.38 bits per heavy atom. The number of aromatic nitrogens is 4. The molecule has 0 fully saturated rings. The van der Waals surface area contributed by atoms with E-state index in [4.69, 9.17) is 4.74 Å². The van der Waals surface area contributed by atoms with E-state index < -0.39 is 17.7 Å². The van der Waals surface area contributed by atoms with Gasteiger partial charge in [0.15, 0.2) is 5.82 Å². The minimum absolute atomic E-state index is 0.170. The van der Waals surface area contributed by atoms with Gasteiger partial charge in [0.25, 0.3) is 5.82 Å². The molecule has 0 spiro atoms. The van der Waals surface area contributed by atoms with Crippen molar-refractivity contribution in [2.75, 3.05) is 6.61 Å². The first-order valence-electron chi connectivity index (χ1n) is 5.94. The molecule has 21 heavy (non-hydrogen) atoms. The molecule has 0 aliphatic rings. The number of carbonyl (C=O) groups excluding carboxylic acids is 1. The normalized spacial score (nSPS) is 11.5. The highest BCUT2D eigenvalue weighted by Gasteiger charge is 2.31. The smallest absolute Gasteiger partial charge is 0.417 e. The van der Waals surface area contributed by atoms with Gasteiger partial charge in [-0.2, -0.15) is 18.2 Å². The summed E-state index contributed by atoms with van der Waals surface area (Å²) in [6, 6.07) is 2.06. The minimum Gasteiger partial charge on any atom is -0.460 e. The van der Waals surface area contributed by atoms with Crippen LogP contribution in [-0.4, -0.2) is 32.3 Å². The number of nitrogens with zero attached hydrogens (tertiary/aromatic N) is 4. The summed E-state index contributed by atoms with van der Waals surface area (Å²) in [5, 5.41) is 3.85. The summed E-state index contributed by atoms with van der Waals surface area (Å²) in [4.78, 5) is 19.1. The third-order valence-corrected chi connectivity index (χ3v) is 2.54. The Kier molecular flexibility index (Phi) is 3.92. The van der Waals surface area contributed by atoms with E-state index in [1.807, 2.05) is 0 Å². The average Bonchev–Trinajstić information content (AvgIpc) is 2.80. The quantitative estimate of drug-likeness (QED) is 0.812. The third kappa shape index (κ3) is 3.18. The van der Waals surface area contributed by atoms with E-state index in [2.05, 4.69) is 15.1 Å². The molecule has 6 nitrogen and oxygen atoms in total. The van der Waals surface area contributed by atoms with Crippen LogP contribution in [0, 0.1) is 0 Å². The van der Waals surface area contributed by atoms with Crippen LogP contribution < -0.4 is 0 Å². The lowest BCUT2D eigenvalue weighted by Crippen LogP contribution is -2.07. The van der Waals surface area contributed by atoms with Gasteiger partial charge in [-0.05, 0) is 19.1 Å². The highest BCUT2D eigenvalue weighted by atomic mass is 19.4. The van der Waals surface area contributed by atoms with Gasteiger partial charge in [0.05, 0.1) is 12.2 Å². The third-order valence-electron chi connectivity index (χ3n) is 2.54. The molecule has 0 aromatic carbocycles. The standard InChI is InChI=1S/C12H11F3N4O2/c1-3-21-11(20)9-17-10(19(2)18-9)8-5-4-7(6-16-8)12(13,14)15/h4-6H,3H2,1-2H3. The lowest BCUT2D eigenvalue weighted by atomic mass is 10.2. The zero-order valence-electron chi connectivity index (χ0n) is 11.2. The van der Waals surface area contributed by atoms with E-state index in [-0.39, 0.29) is 23.9 Å². The number of halogens is 3. The summed E-state index contributed by atoms with van der Waals surface area (Å²) in [6.45, 7) is 1.81. The summed E-state index contributed by atoms with van der Waals surface area (Å²) in [5.74, 6) is -0.700. The Hall–Kier alpha value is -2.45. The lowest BCUT2D eigenvalue weighted by Gasteiger charge is -2.06. The second kappa shape index (κ2) is 5.51. The summed E-state index contributed by atoms with van der Waals surface area (Å²) < 4.78 is 43.4. The maximum absolute atomic E-state index is 12.5. The highest BCUT2D eigenvalue weighted by Crippen LogP contribution is 2.29. The van der Waals surface area contributed by atoms with Crippen LogP contribution >= 0.6 is 0 Å². The molecule has 0 aliphatic heterocycles. The molecule has 0 N–H and O–H groups in total. The number of rotatable bonds is 3. The number of ether oxygens (including phenoxy) is 1. The fraction of sp³-hybridized carbons (Fsp3) is 0.333. The molecule has 2 rings (SSSR count). The topological polar surface area (TPSA) is 69.9 Å². The average molecular weight is 300 g/mol. The van der Waals surface area contributed by atoms with Crippen molar-refractivity contribution >= 4 is 5.97 Å². The van der Waals surface area contributed by atoms with Crippen LogP contribution in [0.25, 0.3) is 11.5 Å². The van der Waals surface area contributed by atoms with Crippen molar-refractivity contribution in [3.8, 4) is 11.5 Å². The largest absolute Gasteiger partial charge is 0.460 e. The number of carbonyl (C=O) groups is 1. The molecule has 0 aliphatic carbocycles. The Bertz CT molecular complexity index is 650. The van der Waals surface area contributed by atoms with Crippen molar-refractivity contribution in [3.63, 3.8) is 0 Å². The van der Waals surface area contributed by atoms with Gasteiger partial charge in [0.2, 0.25) is 0 Å². The molecular weight excluding hydrogens is 289 g/mol. The van der Waals surface area contributed by atoms with Crippen LogP contribution in [0.4, 0.5) is 13.2 Å². The molecule has 0 bridgehead atoms. The number of pyridine rings is 1. The van der Waals surface area contributed by atoms with Crippen LogP contribution in [0.1, 0.15) is 23.1 Å². The zero-order chi connectivity index (χ0) is 15.6. The fourth-order valence-electron chi connectivity index (χ4n) is 1.58. The molecule has 0 saturated heterocycles. The highest BCUT2D eigenvalue weighted by molar-refractivity contribution is 5.85. The predicted molar refractivity (Wildman–Crippen MR) is 65.2 cm³/mol. The summed E-state index contributed by atoms with van der Waals surface area (Å²) >= 11 is 0. The molecule has 0 amide bonds. The Morgan fingerprint density at radius 2 is 2.10 bits per heavy atom. The minimum atomic E-state index is -4.46. The zero-order valence-corrected chi connectivity index (χ0v) is 11.2. The Morgan fingerprint density at radius 3 is 2.62 bits per heavy atom. The molecule has 112 valence electrons. The maximum atomic E-state index is 12.5. The first-order chi connectivity index (χ1) is 9.82. The second-order valence-electron chi connectivity index (χ2n) is 4.03. The van der Waals surface area contributed by atoms with E-state index in [0.29, 0.717) is 6.20 Å². The van der Waals surface area contributed by atoms with Crippen molar-refractivity contribution < 1.29 is 22.7 Å². The van der Waals surface area contributed by atoms with E-state index in [9.17, 15) is 18.0 Å². The molecule has 2 aromatic rings. The van der Waals surface area contributed by atoms with Gasteiger partial charge in [-0.25, -0.2) is 9.48 Å². The van der Waals surface area contributed by atoms with Crippen molar-refractivity contribution in [1.29, 1.82) is 0 Å². The second-order valence-corrected chi connectivity index (χ2v) is 4.03. The van der Waals surface area contributed by atoms with Crippen molar-refractivity contribution in [3.05, 3.63) is 29.7 Å². The van der Waals surface area contributed by atoms with Gasteiger partial charge in [0.1, 0.15) is 5.69 Å². The van der Waals surface area contributed by atoms with Gasteiger partial charge in [0, 0.05) is 13.2 Å². The summed E-state index contributed by atoms with van der Waals surface area (Å²) in [5.41, 5.74) is -0.687. The molecule has 0 saturated carbocycles. The van der Waals surface area contributed by atoms with Gasteiger partial charge in [-0.3, -0.25) is 4.98 Å². The number of aryl methyl sites for hydroxylation is 1. The summed E-state index contributed by atoms with van der Waals surface area (Å²) in [6.07, 6.45) is -3.75. The molecule has 0 unspecified atom stereocenters. The fourth-order valence-corrected chi connectivity index (χ4v) is 1.58. The first kappa shape index (κ1) is 14.9. The van der Waals surface area contributed by atoms with E-state index >= 15 is 0 Å². The number of alkyl halides is 3. The monoisotopic (exact) mass is 300 g/mol. The van der Waals surface area contributed by atoms with Gasteiger partial charge >= 0.3 is 12.1 Å². The molecule has 0 radical (unpaired) electrons. The maximum Gasteiger partial charge on any atom is 0.417 e. The van der Waals surface area contributed by atoms with Crippen LogP contribution in [0.5, 0.6) is 0 Å². The van der Waals surface area contributed by atoms with Crippen molar-refractivity contribution in [2.45, 2.75) is 13.1 Å². The van der Waals surface area contributed by atoms with Crippen LogP contribution in [-0.2, 0) is 18.0 Å². The van der Waals surface area contributed by atoms with E-state index in [1.165, 1.54) is 17.8 Å². The predicted octanol–water partition coefficient (Wildman–Crippen LogP) is 2.07.